The predicted octanol–water partition coefficient (Wildman–Crippen LogP) is 3.38. The summed E-state index contributed by atoms with van der Waals surface area (Å²) in [7, 11) is -3.43. The minimum atomic E-state index is -3.43. The third kappa shape index (κ3) is 9.92. The number of carboxylic acid groups (broad SMARTS) is 2. The van der Waals surface area contributed by atoms with Gasteiger partial charge in [0.15, 0.2) is 0 Å². The number of likely N-dealkylation sites (N-methyl/N-ethyl adjacent to an activating group) is 1. The van der Waals surface area contributed by atoms with Crippen molar-refractivity contribution in [1.29, 1.82) is 0 Å². The Morgan fingerprint density at radius 3 is 1.63 bits per heavy atom. The number of carbonyl (C=O) groups excluding carboxylic acids is 2. The van der Waals surface area contributed by atoms with Crippen molar-refractivity contribution >= 4 is 39.5 Å². The molecule has 3 rings (SSSR count). The molecular weight excluding hydrogens is 576 g/mol. The van der Waals surface area contributed by atoms with Gasteiger partial charge in [0.2, 0.25) is 15.9 Å². The first kappa shape index (κ1) is 36.0. The van der Waals surface area contributed by atoms with Crippen molar-refractivity contribution in [1.82, 2.24) is 9.80 Å². The van der Waals surface area contributed by atoms with Gasteiger partial charge < -0.3 is 25.7 Å². The summed E-state index contributed by atoms with van der Waals surface area (Å²) in [5, 5.41) is 14.8. The van der Waals surface area contributed by atoms with Gasteiger partial charge in [-0.3, -0.25) is 14.3 Å². The van der Waals surface area contributed by atoms with Crippen LogP contribution in [0.2, 0.25) is 0 Å². The highest BCUT2D eigenvalue weighted by atomic mass is 32.2. The fourth-order valence-electron chi connectivity index (χ4n) is 6.68. The lowest BCUT2D eigenvalue weighted by atomic mass is 9.62. The van der Waals surface area contributed by atoms with E-state index >= 15 is 0 Å². The summed E-state index contributed by atoms with van der Waals surface area (Å²) < 4.78 is 25.7. The number of primary amides is 1. The molecule has 0 bridgehead atoms. The molecule has 1 aromatic carbocycles. The zero-order valence-corrected chi connectivity index (χ0v) is 26.4. The molecule has 2 aliphatic carbocycles. The Hall–Kier alpha value is -3.19. The summed E-state index contributed by atoms with van der Waals surface area (Å²) in [6.07, 6.45) is 11.2. The monoisotopic (exact) mass is 624 g/mol. The molecule has 2 aliphatic rings. The van der Waals surface area contributed by atoms with Gasteiger partial charge in [-0.05, 0) is 74.9 Å². The lowest BCUT2D eigenvalue weighted by Gasteiger charge is -2.53. The maximum absolute atomic E-state index is 14.3. The summed E-state index contributed by atoms with van der Waals surface area (Å²) in [6.45, 7) is 7.03. The Morgan fingerprint density at radius 2 is 1.28 bits per heavy atom. The van der Waals surface area contributed by atoms with Crippen molar-refractivity contribution in [2.75, 3.05) is 37.2 Å². The molecule has 0 unspecified atom stereocenters. The SMILES string of the molecule is CCN(CC)CCN(C(=O)c1ccc(NS(C)(=O)=O)cc1)C(C(N)=O)(C1CCCCC1)C1CCCCC1.O=C(O)C(=O)O. The Labute approximate surface area is 255 Å². The molecule has 0 aliphatic heterocycles. The number of benzene rings is 1. The standard InChI is InChI=1S/C28H46N4O4S.C2H2O4/c1-4-31(5-2)20-21-32(26(33)22-16-18-25(19-17-22)30-37(3,35)36)28(27(29)34,23-12-8-6-9-13-23)24-14-10-7-11-15-24;3-1(4)2(5)6/h16-19,23-24,30H,4-15,20-21H2,1-3H3,(H2,29,34);(H,3,4)(H,5,6). The molecule has 0 radical (unpaired) electrons. The third-order valence-corrected chi connectivity index (χ3v) is 9.30. The van der Waals surface area contributed by atoms with Crippen molar-refractivity contribution in [2.24, 2.45) is 17.6 Å². The second-order valence-corrected chi connectivity index (χ2v) is 13.2. The average molecular weight is 625 g/mol. The number of hydrogen-bond acceptors (Lipinski definition) is 7. The van der Waals surface area contributed by atoms with E-state index in [9.17, 15) is 18.0 Å². The average Bonchev–Trinajstić information content (AvgIpc) is 2.97. The number of aliphatic carboxylic acids is 2. The van der Waals surface area contributed by atoms with Crippen LogP contribution in [0.4, 0.5) is 5.69 Å². The van der Waals surface area contributed by atoms with Gasteiger partial charge in [0.05, 0.1) is 6.26 Å². The van der Waals surface area contributed by atoms with Gasteiger partial charge in [-0.1, -0.05) is 52.4 Å². The molecule has 0 spiro atoms. The van der Waals surface area contributed by atoms with Crippen LogP contribution in [0.3, 0.4) is 0 Å². The van der Waals surface area contributed by atoms with Crippen molar-refractivity contribution < 1.29 is 37.8 Å². The molecule has 43 heavy (non-hydrogen) atoms. The van der Waals surface area contributed by atoms with Gasteiger partial charge in [0.25, 0.3) is 5.91 Å². The highest BCUT2D eigenvalue weighted by molar-refractivity contribution is 7.92. The number of sulfonamides is 1. The molecule has 2 saturated carbocycles. The third-order valence-electron chi connectivity index (χ3n) is 8.69. The number of nitrogens with zero attached hydrogens (tertiary/aromatic N) is 2. The van der Waals surface area contributed by atoms with E-state index in [1.54, 1.807) is 24.3 Å². The summed E-state index contributed by atoms with van der Waals surface area (Å²) in [5.74, 6) is -4.12. The van der Waals surface area contributed by atoms with Gasteiger partial charge in [0.1, 0.15) is 5.54 Å². The maximum atomic E-state index is 14.3. The van der Waals surface area contributed by atoms with Gasteiger partial charge in [-0.2, -0.15) is 0 Å². The Balaban J connectivity index is 0.000000973. The number of hydrogen-bond donors (Lipinski definition) is 4. The summed E-state index contributed by atoms with van der Waals surface area (Å²) in [6, 6.07) is 6.50. The maximum Gasteiger partial charge on any atom is 0.414 e. The van der Waals surface area contributed by atoms with Crippen LogP contribution in [0, 0.1) is 11.8 Å². The van der Waals surface area contributed by atoms with E-state index in [-0.39, 0.29) is 23.7 Å². The Bertz CT molecular complexity index is 1160. The van der Waals surface area contributed by atoms with Crippen LogP contribution in [0.15, 0.2) is 24.3 Å². The van der Waals surface area contributed by atoms with Gasteiger partial charge in [-0.25, -0.2) is 18.0 Å². The van der Waals surface area contributed by atoms with E-state index in [1.165, 1.54) is 0 Å². The largest absolute Gasteiger partial charge is 0.473 e. The molecule has 2 amide bonds. The van der Waals surface area contributed by atoms with E-state index in [4.69, 9.17) is 25.5 Å². The van der Waals surface area contributed by atoms with Crippen molar-refractivity contribution in [3.05, 3.63) is 29.8 Å². The number of rotatable bonds is 12. The Morgan fingerprint density at radius 1 is 0.837 bits per heavy atom. The molecule has 5 N–H and O–H groups in total. The molecule has 12 nitrogen and oxygen atoms in total. The minimum Gasteiger partial charge on any atom is -0.473 e. The summed E-state index contributed by atoms with van der Waals surface area (Å²) in [4.78, 5) is 50.4. The summed E-state index contributed by atoms with van der Waals surface area (Å²) in [5.41, 5.74) is 6.21. The van der Waals surface area contributed by atoms with Crippen LogP contribution in [0.25, 0.3) is 0 Å². The van der Waals surface area contributed by atoms with E-state index in [0.29, 0.717) is 24.3 Å². The molecule has 0 atom stereocenters. The van der Waals surface area contributed by atoms with Crippen LogP contribution in [0.5, 0.6) is 0 Å². The zero-order valence-electron chi connectivity index (χ0n) is 25.6. The number of nitrogens with one attached hydrogen (secondary N) is 1. The minimum absolute atomic E-state index is 0.0497. The second kappa shape index (κ2) is 16.6. The highest BCUT2D eigenvalue weighted by Gasteiger charge is 2.55. The normalized spacial score (nSPS) is 16.6. The van der Waals surface area contributed by atoms with Crippen LogP contribution in [-0.4, -0.2) is 90.2 Å². The molecule has 1 aromatic rings. The van der Waals surface area contributed by atoms with E-state index in [0.717, 1.165) is 83.6 Å². The number of amides is 2. The van der Waals surface area contributed by atoms with Gasteiger partial charge in [0, 0.05) is 24.3 Å². The first-order chi connectivity index (χ1) is 20.3. The quantitative estimate of drug-likeness (QED) is 0.253. The van der Waals surface area contributed by atoms with E-state index in [2.05, 4.69) is 23.5 Å². The number of carbonyl (C=O) groups is 4. The fourth-order valence-corrected chi connectivity index (χ4v) is 7.25. The van der Waals surface area contributed by atoms with Crippen LogP contribution in [-0.2, 0) is 24.4 Å². The topological polar surface area (TPSA) is 187 Å². The first-order valence-corrected chi connectivity index (χ1v) is 17.0. The van der Waals surface area contributed by atoms with Crippen LogP contribution >= 0.6 is 0 Å². The lowest BCUT2D eigenvalue weighted by Crippen LogP contribution is -2.69. The molecule has 0 saturated heterocycles. The van der Waals surface area contributed by atoms with Gasteiger partial charge >= 0.3 is 11.9 Å². The smallest absolute Gasteiger partial charge is 0.414 e. The lowest BCUT2D eigenvalue weighted by molar-refractivity contribution is -0.159. The number of anilines is 1. The number of carboxylic acids is 2. The molecule has 2 fully saturated rings. The first-order valence-electron chi connectivity index (χ1n) is 15.2. The van der Waals surface area contributed by atoms with Crippen LogP contribution in [0.1, 0.15) is 88.4 Å². The van der Waals surface area contributed by atoms with Crippen molar-refractivity contribution in [2.45, 2.75) is 83.6 Å². The van der Waals surface area contributed by atoms with Gasteiger partial charge in [-0.15, -0.1) is 0 Å². The molecule has 13 heteroatoms. The van der Waals surface area contributed by atoms with Crippen LogP contribution < -0.4 is 10.5 Å². The molecule has 0 aromatic heterocycles. The summed E-state index contributed by atoms with van der Waals surface area (Å²) >= 11 is 0. The molecule has 0 heterocycles. The fraction of sp³-hybridized carbons (Fsp3) is 0.667. The van der Waals surface area contributed by atoms with Crippen molar-refractivity contribution in [3.8, 4) is 0 Å². The molecular formula is C30H48N4O8S. The highest BCUT2D eigenvalue weighted by Crippen LogP contribution is 2.47. The van der Waals surface area contributed by atoms with E-state index in [1.807, 2.05) is 4.90 Å². The Kier molecular flexibility index (Phi) is 13.9. The van der Waals surface area contributed by atoms with E-state index < -0.39 is 27.5 Å². The van der Waals surface area contributed by atoms with Crippen molar-refractivity contribution in [3.63, 3.8) is 0 Å². The second-order valence-electron chi connectivity index (χ2n) is 11.4. The molecule has 242 valence electrons. The zero-order chi connectivity index (χ0) is 32.2. The predicted molar refractivity (Wildman–Crippen MR) is 164 cm³/mol. The number of nitrogens with two attached hydrogens (primary N) is 1.